The topological polar surface area (TPSA) is 162 Å². The molecule has 0 radical (unpaired) electrons. The Morgan fingerprint density at radius 2 is 1.69 bits per heavy atom. The summed E-state index contributed by atoms with van der Waals surface area (Å²) in [5.74, 6) is -1.39. The van der Waals surface area contributed by atoms with Crippen molar-refractivity contribution < 1.29 is 42.4 Å². The minimum atomic E-state index is -5.05. The second-order valence-corrected chi connectivity index (χ2v) is 3.84. The normalized spacial score (nSPS) is 17.8. The van der Waals surface area contributed by atoms with E-state index in [9.17, 15) is 13.2 Å². The zero-order valence-electron chi connectivity index (χ0n) is 7.92. The fourth-order valence-electron chi connectivity index (χ4n) is 0.807. The highest BCUT2D eigenvalue weighted by molar-refractivity contribution is 7.80. The largest absolute Gasteiger partial charge is 0.398 e. The summed E-state index contributed by atoms with van der Waals surface area (Å²) in [4.78, 5) is 11.2. The van der Waals surface area contributed by atoms with E-state index in [0.717, 1.165) is 0 Å². The van der Waals surface area contributed by atoms with Crippen molar-refractivity contribution in [3.8, 4) is 0 Å². The van der Waals surface area contributed by atoms with Crippen LogP contribution in [0.5, 0.6) is 0 Å². The highest BCUT2D eigenvalue weighted by Gasteiger charge is 2.35. The lowest BCUT2D eigenvalue weighted by molar-refractivity contribution is -0.142. The van der Waals surface area contributed by atoms with E-state index in [2.05, 4.69) is 4.18 Å². The van der Waals surface area contributed by atoms with E-state index in [-0.39, 0.29) is 0 Å². The summed E-state index contributed by atoms with van der Waals surface area (Å²) in [6.45, 7) is -2.06. The Morgan fingerprint density at radius 1 is 1.19 bits per heavy atom. The second-order valence-electron chi connectivity index (χ2n) is 2.80. The lowest BCUT2D eigenvalue weighted by atomic mass is 10.1. The first-order valence-electron chi connectivity index (χ1n) is 4.00. The number of aliphatic hydroxyl groups is 4. The van der Waals surface area contributed by atoms with Crippen molar-refractivity contribution in [2.24, 2.45) is 0 Å². The number of aliphatic hydroxyl groups excluding tert-OH is 4. The van der Waals surface area contributed by atoms with Gasteiger partial charge in [0.25, 0.3) is 0 Å². The number of carbonyl (C=O) groups is 1. The van der Waals surface area contributed by atoms with E-state index in [0.29, 0.717) is 0 Å². The summed E-state index contributed by atoms with van der Waals surface area (Å²) < 4.78 is 32.7. The Kier molecular flexibility index (Phi) is 5.96. The third kappa shape index (κ3) is 4.94. The van der Waals surface area contributed by atoms with Crippen LogP contribution in [0.3, 0.4) is 0 Å². The fraction of sp³-hybridized carbons (Fsp3) is 0.833. The molecule has 0 bridgehead atoms. The summed E-state index contributed by atoms with van der Waals surface area (Å²) in [7, 11) is -5.05. The lowest BCUT2D eigenvalue weighted by Gasteiger charge is -2.20. The van der Waals surface area contributed by atoms with E-state index in [1.54, 1.807) is 0 Å². The summed E-state index contributed by atoms with van der Waals surface area (Å²) in [6.07, 6.45) is -6.15. The molecule has 0 aromatic heterocycles. The van der Waals surface area contributed by atoms with Crippen LogP contribution in [-0.4, -0.2) is 70.7 Å². The molecular weight excluding hydrogens is 248 g/mol. The highest BCUT2D eigenvalue weighted by Crippen LogP contribution is 2.07. The van der Waals surface area contributed by atoms with Gasteiger partial charge in [0.2, 0.25) is 0 Å². The Labute approximate surface area is 90.9 Å². The molecule has 0 aliphatic rings. The van der Waals surface area contributed by atoms with Crippen LogP contribution in [-0.2, 0) is 19.4 Å². The van der Waals surface area contributed by atoms with Crippen LogP contribution in [0, 0.1) is 0 Å². The molecule has 0 unspecified atom stereocenters. The van der Waals surface area contributed by atoms with Crippen LogP contribution < -0.4 is 0 Å². The van der Waals surface area contributed by atoms with E-state index in [1.807, 2.05) is 0 Å². The van der Waals surface area contributed by atoms with Gasteiger partial charge in [-0.2, -0.15) is 8.42 Å². The molecule has 10 heteroatoms. The molecule has 0 rings (SSSR count). The van der Waals surface area contributed by atoms with Crippen LogP contribution in [0.15, 0.2) is 0 Å². The molecule has 9 nitrogen and oxygen atoms in total. The monoisotopic (exact) mass is 260 g/mol. The molecule has 0 amide bonds. The van der Waals surface area contributed by atoms with E-state index in [4.69, 9.17) is 25.0 Å². The van der Waals surface area contributed by atoms with E-state index >= 15 is 0 Å². The Balaban J connectivity index is 4.88. The maximum Gasteiger partial charge on any atom is 0.398 e. The van der Waals surface area contributed by atoms with Crippen LogP contribution in [0.4, 0.5) is 0 Å². The number of ketones is 1. The van der Waals surface area contributed by atoms with Crippen molar-refractivity contribution in [1.82, 2.24) is 0 Å². The molecule has 0 spiro atoms. The minimum absolute atomic E-state index is 1.03. The van der Waals surface area contributed by atoms with Crippen molar-refractivity contribution in [2.45, 2.75) is 18.3 Å². The van der Waals surface area contributed by atoms with Crippen molar-refractivity contribution in [2.75, 3.05) is 13.2 Å². The van der Waals surface area contributed by atoms with Gasteiger partial charge in [0.05, 0.1) is 13.2 Å². The molecule has 0 aromatic carbocycles. The zero-order valence-corrected chi connectivity index (χ0v) is 8.74. The van der Waals surface area contributed by atoms with Crippen molar-refractivity contribution in [1.29, 1.82) is 0 Å². The predicted octanol–water partition coefficient (Wildman–Crippen LogP) is -3.55. The van der Waals surface area contributed by atoms with Crippen LogP contribution in [0.25, 0.3) is 0 Å². The third-order valence-electron chi connectivity index (χ3n) is 1.54. The average molecular weight is 260 g/mol. The number of carbonyl (C=O) groups excluding carboxylic acids is 1. The Hall–Kier alpha value is -0.620. The first kappa shape index (κ1) is 15.4. The molecular formula is C6H12O9S. The van der Waals surface area contributed by atoms with Gasteiger partial charge in [0, 0.05) is 0 Å². The smallest absolute Gasteiger partial charge is 0.394 e. The third-order valence-corrected chi connectivity index (χ3v) is 1.99. The quantitative estimate of drug-likeness (QED) is 0.292. The maximum atomic E-state index is 11.2. The number of hydrogen-bond donors (Lipinski definition) is 5. The van der Waals surface area contributed by atoms with Crippen molar-refractivity contribution >= 4 is 16.2 Å². The minimum Gasteiger partial charge on any atom is -0.394 e. The molecule has 0 aliphatic carbocycles. The Bertz CT molecular complexity index is 323. The van der Waals surface area contributed by atoms with Gasteiger partial charge in [-0.05, 0) is 0 Å². The molecule has 0 saturated heterocycles. The summed E-state index contributed by atoms with van der Waals surface area (Å²) in [5.41, 5.74) is 0. The molecule has 5 N–H and O–H groups in total. The SMILES string of the molecule is O=C([C@@H](OS(=O)(=O)O)[C@H](O)CO)[C@@H](O)CO. The van der Waals surface area contributed by atoms with Gasteiger partial charge in [0.1, 0.15) is 12.2 Å². The van der Waals surface area contributed by atoms with E-state index in [1.165, 1.54) is 0 Å². The zero-order chi connectivity index (χ0) is 12.9. The van der Waals surface area contributed by atoms with E-state index < -0.39 is 47.7 Å². The van der Waals surface area contributed by atoms with Gasteiger partial charge >= 0.3 is 10.4 Å². The molecule has 16 heavy (non-hydrogen) atoms. The molecule has 0 fully saturated rings. The number of rotatable bonds is 7. The molecule has 0 aromatic rings. The summed E-state index contributed by atoms with van der Waals surface area (Å²) in [5, 5.41) is 34.8. The van der Waals surface area contributed by atoms with Crippen LogP contribution in [0.1, 0.15) is 0 Å². The Morgan fingerprint density at radius 3 is 2.00 bits per heavy atom. The van der Waals surface area contributed by atoms with Gasteiger partial charge < -0.3 is 20.4 Å². The molecule has 3 atom stereocenters. The highest BCUT2D eigenvalue weighted by atomic mass is 32.3. The fourth-order valence-corrected chi connectivity index (χ4v) is 1.29. The van der Waals surface area contributed by atoms with Crippen molar-refractivity contribution in [3.63, 3.8) is 0 Å². The van der Waals surface area contributed by atoms with Crippen LogP contribution in [0.2, 0.25) is 0 Å². The molecule has 0 saturated carbocycles. The van der Waals surface area contributed by atoms with Crippen LogP contribution >= 0.6 is 0 Å². The molecule has 96 valence electrons. The molecule has 0 heterocycles. The number of hydrogen-bond acceptors (Lipinski definition) is 8. The van der Waals surface area contributed by atoms with Gasteiger partial charge in [-0.25, -0.2) is 4.18 Å². The average Bonchev–Trinajstić information content (AvgIpc) is 2.21. The van der Waals surface area contributed by atoms with Gasteiger partial charge in [-0.3, -0.25) is 9.35 Å². The second kappa shape index (κ2) is 6.20. The first-order chi connectivity index (χ1) is 7.22. The predicted molar refractivity (Wildman–Crippen MR) is 47.6 cm³/mol. The van der Waals surface area contributed by atoms with Gasteiger partial charge in [-0.1, -0.05) is 0 Å². The van der Waals surface area contributed by atoms with Crippen molar-refractivity contribution in [3.05, 3.63) is 0 Å². The maximum absolute atomic E-state index is 11.2. The molecule has 0 aliphatic heterocycles. The lowest BCUT2D eigenvalue weighted by Crippen LogP contribution is -2.46. The summed E-state index contributed by atoms with van der Waals surface area (Å²) in [6, 6.07) is 0. The van der Waals surface area contributed by atoms with Gasteiger partial charge in [0.15, 0.2) is 11.9 Å². The van der Waals surface area contributed by atoms with Gasteiger partial charge in [-0.15, -0.1) is 0 Å². The summed E-state index contributed by atoms with van der Waals surface area (Å²) >= 11 is 0. The first-order valence-corrected chi connectivity index (χ1v) is 5.36. The number of Topliss-reactive ketones (excluding diaryl/α,β-unsaturated/α-hetero) is 1. The standard InChI is InChI=1S/C6H12O9S/c7-1-3(9)5(11)6(4(10)2-8)15-16(12,13)14/h3-4,6-10H,1-2H2,(H,12,13,14)/t3-,4+,6-/m0/s1.